The number of ether oxygens (including phenoxy) is 1. The van der Waals surface area contributed by atoms with Gasteiger partial charge in [0.2, 0.25) is 11.8 Å². The van der Waals surface area contributed by atoms with Gasteiger partial charge in [-0.15, -0.1) is 11.3 Å². The number of carbonyl (C=O) groups excluding carboxylic acids is 3. The van der Waals surface area contributed by atoms with Gasteiger partial charge in [0, 0.05) is 46.4 Å². The number of amides is 3. The number of thiophene rings is 1. The summed E-state index contributed by atoms with van der Waals surface area (Å²) >= 11 is 1.41. The van der Waals surface area contributed by atoms with Crippen LogP contribution in [0.2, 0.25) is 0 Å². The lowest BCUT2D eigenvalue weighted by Gasteiger charge is -2.32. The van der Waals surface area contributed by atoms with E-state index in [0.717, 1.165) is 18.7 Å². The highest BCUT2D eigenvalue weighted by atomic mass is 32.1. The third-order valence-electron chi connectivity index (χ3n) is 6.50. The molecule has 1 N–H and O–H groups in total. The first kappa shape index (κ1) is 24.4. The van der Waals surface area contributed by atoms with Gasteiger partial charge in [0.05, 0.1) is 10.9 Å². The first-order chi connectivity index (χ1) is 16.6. The van der Waals surface area contributed by atoms with E-state index in [1.54, 1.807) is 4.90 Å². The molecule has 0 spiro atoms. The van der Waals surface area contributed by atoms with Gasteiger partial charge in [-0.25, -0.2) is 0 Å². The van der Waals surface area contributed by atoms with Gasteiger partial charge in [-0.05, 0) is 29.9 Å². The van der Waals surface area contributed by atoms with Crippen LogP contribution < -0.4 is 5.32 Å². The van der Waals surface area contributed by atoms with Crippen molar-refractivity contribution in [3.05, 3.63) is 58.3 Å². The number of methoxy groups -OCH3 is 1. The maximum atomic E-state index is 13.5. The summed E-state index contributed by atoms with van der Waals surface area (Å²) < 4.78 is 5.09. The number of likely N-dealkylation sites (tertiary alicyclic amines) is 1. The second-order valence-corrected chi connectivity index (χ2v) is 9.62. The van der Waals surface area contributed by atoms with Gasteiger partial charge in [0.15, 0.2) is 0 Å². The van der Waals surface area contributed by atoms with Crippen molar-refractivity contribution in [1.82, 2.24) is 20.0 Å². The van der Waals surface area contributed by atoms with E-state index in [4.69, 9.17) is 4.74 Å². The summed E-state index contributed by atoms with van der Waals surface area (Å²) in [6.45, 7) is 3.50. The first-order valence-electron chi connectivity index (χ1n) is 11.7. The molecule has 34 heavy (non-hydrogen) atoms. The molecule has 2 aliphatic heterocycles. The minimum atomic E-state index is -0.582. The van der Waals surface area contributed by atoms with Gasteiger partial charge in [0.25, 0.3) is 5.91 Å². The number of nitrogens with zero attached hydrogens (tertiary/aromatic N) is 3. The predicted molar refractivity (Wildman–Crippen MR) is 131 cm³/mol. The van der Waals surface area contributed by atoms with Crippen molar-refractivity contribution >= 4 is 29.1 Å². The van der Waals surface area contributed by atoms with E-state index >= 15 is 0 Å². The molecular formula is C25H32N4O4S. The summed E-state index contributed by atoms with van der Waals surface area (Å²) in [5.41, 5.74) is 1.14. The number of piperazine rings is 1. The molecule has 2 aliphatic rings. The molecule has 2 atom stereocenters. The Morgan fingerprint density at radius 2 is 1.88 bits per heavy atom. The van der Waals surface area contributed by atoms with E-state index in [9.17, 15) is 14.4 Å². The molecule has 2 unspecified atom stereocenters. The van der Waals surface area contributed by atoms with Crippen molar-refractivity contribution in [3.8, 4) is 0 Å². The molecule has 1 aromatic carbocycles. The highest BCUT2D eigenvalue weighted by Gasteiger charge is 2.44. The molecule has 8 nitrogen and oxygen atoms in total. The molecule has 4 rings (SSSR count). The van der Waals surface area contributed by atoms with E-state index in [0.29, 0.717) is 43.9 Å². The summed E-state index contributed by atoms with van der Waals surface area (Å²) in [7, 11) is 1.48. The smallest absolute Gasteiger partial charge is 0.264 e. The van der Waals surface area contributed by atoms with Crippen molar-refractivity contribution in [2.75, 3.05) is 53.0 Å². The Bertz CT molecular complexity index is 963. The van der Waals surface area contributed by atoms with Crippen LogP contribution in [0.3, 0.4) is 0 Å². The second-order valence-electron chi connectivity index (χ2n) is 8.67. The van der Waals surface area contributed by atoms with Gasteiger partial charge in [-0.1, -0.05) is 36.4 Å². The van der Waals surface area contributed by atoms with Crippen LogP contribution in [0.25, 0.3) is 0 Å². The largest absolute Gasteiger partial charge is 0.375 e. The molecule has 2 aromatic rings. The standard InChI is InChI=1S/C25H32N4O4S/c1-33-18-23(30)29-17-20(16-21(29)24(31)27-13-10-26-11-14-27)28(25(32)22-8-5-15-34-22)12-9-19-6-3-2-4-7-19/h2-8,15,20-21,26H,9-14,16-18H2,1H3. The Labute approximate surface area is 204 Å². The van der Waals surface area contributed by atoms with Crippen molar-refractivity contribution in [1.29, 1.82) is 0 Å². The monoisotopic (exact) mass is 484 g/mol. The summed E-state index contributed by atoms with van der Waals surface area (Å²) in [6, 6.07) is 12.9. The third kappa shape index (κ3) is 5.65. The van der Waals surface area contributed by atoms with Crippen molar-refractivity contribution in [2.24, 2.45) is 0 Å². The molecule has 2 saturated heterocycles. The maximum Gasteiger partial charge on any atom is 0.264 e. The predicted octanol–water partition coefficient (Wildman–Crippen LogP) is 1.48. The van der Waals surface area contributed by atoms with E-state index in [-0.39, 0.29) is 30.4 Å². The van der Waals surface area contributed by atoms with Gasteiger partial charge in [0.1, 0.15) is 12.6 Å². The molecule has 0 aliphatic carbocycles. The molecular weight excluding hydrogens is 452 g/mol. The van der Waals surface area contributed by atoms with Crippen LogP contribution in [-0.4, -0.2) is 97.5 Å². The van der Waals surface area contributed by atoms with Crippen molar-refractivity contribution in [3.63, 3.8) is 0 Å². The highest BCUT2D eigenvalue weighted by molar-refractivity contribution is 7.12. The molecule has 2 fully saturated rings. The van der Waals surface area contributed by atoms with Gasteiger partial charge >= 0.3 is 0 Å². The second kappa shape index (κ2) is 11.6. The Balaban J connectivity index is 1.56. The van der Waals surface area contributed by atoms with Gasteiger partial charge in [-0.2, -0.15) is 0 Å². The normalized spacial score (nSPS) is 20.4. The molecule has 0 saturated carbocycles. The van der Waals surface area contributed by atoms with Crippen molar-refractivity contribution in [2.45, 2.75) is 24.9 Å². The zero-order chi connectivity index (χ0) is 23.9. The molecule has 0 bridgehead atoms. The lowest BCUT2D eigenvalue weighted by atomic mass is 10.1. The Morgan fingerprint density at radius 1 is 1.12 bits per heavy atom. The van der Waals surface area contributed by atoms with Crippen LogP contribution in [0.1, 0.15) is 21.7 Å². The quantitative estimate of drug-likeness (QED) is 0.614. The fourth-order valence-corrected chi connectivity index (χ4v) is 5.42. The third-order valence-corrected chi connectivity index (χ3v) is 7.36. The Morgan fingerprint density at radius 3 is 2.56 bits per heavy atom. The van der Waals surface area contributed by atoms with Crippen LogP contribution in [-0.2, 0) is 20.7 Å². The Hall–Kier alpha value is -2.75. The van der Waals surface area contributed by atoms with Crippen LogP contribution in [0, 0.1) is 0 Å². The number of benzene rings is 1. The SMILES string of the molecule is COCC(=O)N1CC(N(CCc2ccccc2)C(=O)c2cccs2)CC1C(=O)N1CCNCC1. The first-order valence-corrected chi connectivity index (χ1v) is 12.6. The highest BCUT2D eigenvalue weighted by Crippen LogP contribution is 2.27. The number of nitrogens with one attached hydrogen (secondary N) is 1. The summed E-state index contributed by atoms with van der Waals surface area (Å²) in [5.74, 6) is -0.310. The van der Waals surface area contributed by atoms with Crippen LogP contribution in [0.15, 0.2) is 47.8 Å². The van der Waals surface area contributed by atoms with E-state index < -0.39 is 6.04 Å². The summed E-state index contributed by atoms with van der Waals surface area (Å²) in [5, 5.41) is 5.15. The lowest BCUT2D eigenvalue weighted by molar-refractivity contribution is -0.146. The molecule has 9 heteroatoms. The summed E-state index contributed by atoms with van der Waals surface area (Å²) in [4.78, 5) is 45.8. The van der Waals surface area contributed by atoms with E-state index in [2.05, 4.69) is 5.32 Å². The Kier molecular flexibility index (Phi) is 8.31. The molecule has 3 heterocycles. The van der Waals surface area contributed by atoms with E-state index in [1.807, 2.05) is 57.6 Å². The van der Waals surface area contributed by atoms with Crippen LogP contribution in [0.5, 0.6) is 0 Å². The average Bonchev–Trinajstić information content (AvgIpc) is 3.56. The number of rotatable bonds is 8. The van der Waals surface area contributed by atoms with Gasteiger partial charge in [-0.3, -0.25) is 14.4 Å². The van der Waals surface area contributed by atoms with Crippen molar-refractivity contribution < 1.29 is 19.1 Å². The van der Waals surface area contributed by atoms with Crippen LogP contribution in [0.4, 0.5) is 0 Å². The number of hydrogen-bond donors (Lipinski definition) is 1. The minimum Gasteiger partial charge on any atom is -0.375 e. The molecule has 0 radical (unpaired) electrons. The number of hydrogen-bond acceptors (Lipinski definition) is 6. The van der Waals surface area contributed by atoms with E-state index in [1.165, 1.54) is 18.4 Å². The molecule has 3 amide bonds. The zero-order valence-corrected chi connectivity index (χ0v) is 20.3. The molecule has 1 aromatic heterocycles. The summed E-state index contributed by atoms with van der Waals surface area (Å²) in [6.07, 6.45) is 1.14. The molecule has 182 valence electrons. The van der Waals surface area contributed by atoms with Gasteiger partial charge < -0.3 is 24.8 Å². The lowest BCUT2D eigenvalue weighted by Crippen LogP contribution is -2.53. The fourth-order valence-electron chi connectivity index (χ4n) is 4.74. The fraction of sp³-hybridized carbons (Fsp3) is 0.480. The average molecular weight is 485 g/mol. The maximum absolute atomic E-state index is 13.5. The topological polar surface area (TPSA) is 82.2 Å². The van der Waals surface area contributed by atoms with Crippen LogP contribution >= 0.6 is 11.3 Å². The zero-order valence-electron chi connectivity index (χ0n) is 19.5. The minimum absolute atomic E-state index is 0.0416. The number of carbonyl (C=O) groups is 3.